The zero-order valence-electron chi connectivity index (χ0n) is 23.9. The molecular formula is C28H36F8O7. The molecule has 0 spiro atoms. The van der Waals surface area contributed by atoms with E-state index < -0.39 is 105 Å². The Balaban J connectivity index is 6.46. The van der Waals surface area contributed by atoms with E-state index >= 15 is 0 Å². The van der Waals surface area contributed by atoms with Gasteiger partial charge in [-0.2, -0.15) is 35.1 Å². The van der Waals surface area contributed by atoms with Crippen LogP contribution >= 0.6 is 0 Å². The van der Waals surface area contributed by atoms with Crippen molar-refractivity contribution in [2.45, 2.75) is 76.1 Å². The average molecular weight is 637 g/mol. The van der Waals surface area contributed by atoms with Crippen molar-refractivity contribution in [1.82, 2.24) is 0 Å². The Bertz CT molecular complexity index is 1020. The van der Waals surface area contributed by atoms with Crippen LogP contribution in [0.3, 0.4) is 0 Å². The van der Waals surface area contributed by atoms with Gasteiger partial charge in [-0.05, 0) is 39.5 Å². The quantitative estimate of drug-likeness (QED) is 0.0391. The molecule has 1 N–H and O–H groups in total. The van der Waals surface area contributed by atoms with Gasteiger partial charge in [-0.1, -0.05) is 25.8 Å². The van der Waals surface area contributed by atoms with Crippen molar-refractivity contribution in [2.75, 3.05) is 26.4 Å². The zero-order valence-corrected chi connectivity index (χ0v) is 23.9. The molecular weight excluding hydrogens is 600 g/mol. The van der Waals surface area contributed by atoms with E-state index in [1.807, 2.05) is 0 Å². The predicted molar refractivity (Wildman–Crippen MR) is 139 cm³/mol. The Morgan fingerprint density at radius 1 is 0.674 bits per heavy atom. The number of hydrogen-bond acceptors (Lipinski definition) is 7. The molecule has 0 aromatic rings. The highest BCUT2D eigenvalue weighted by molar-refractivity contribution is 5.88. The van der Waals surface area contributed by atoms with Crippen molar-refractivity contribution in [3.8, 4) is 0 Å². The second-order valence-electron chi connectivity index (χ2n) is 10.1. The summed E-state index contributed by atoms with van der Waals surface area (Å²) in [5, 5.41) is 9.05. The molecule has 0 aromatic heterocycles. The van der Waals surface area contributed by atoms with Gasteiger partial charge in [0.2, 0.25) is 0 Å². The summed E-state index contributed by atoms with van der Waals surface area (Å²) in [6, 6.07) is 0. The van der Waals surface area contributed by atoms with Crippen LogP contribution in [0.25, 0.3) is 0 Å². The lowest BCUT2D eigenvalue weighted by Crippen LogP contribution is -2.62. The molecule has 0 amide bonds. The summed E-state index contributed by atoms with van der Waals surface area (Å²) in [7, 11) is 0. The molecule has 0 aliphatic carbocycles. The lowest BCUT2D eigenvalue weighted by atomic mass is 9.82. The molecule has 0 atom stereocenters. The summed E-state index contributed by atoms with van der Waals surface area (Å²) >= 11 is 0. The highest BCUT2D eigenvalue weighted by Gasteiger charge is 2.79. The molecule has 246 valence electrons. The van der Waals surface area contributed by atoms with Gasteiger partial charge < -0.3 is 19.3 Å². The second kappa shape index (κ2) is 16.0. The molecule has 0 aliphatic rings. The van der Waals surface area contributed by atoms with Gasteiger partial charge in [0.25, 0.3) is 0 Å². The third-order valence-corrected chi connectivity index (χ3v) is 6.14. The molecule has 0 aliphatic heterocycles. The third kappa shape index (κ3) is 10.8. The fourth-order valence-electron chi connectivity index (χ4n) is 3.24. The van der Waals surface area contributed by atoms with E-state index in [9.17, 15) is 49.5 Å². The van der Waals surface area contributed by atoms with Gasteiger partial charge >= 0.3 is 41.6 Å². The molecule has 0 fully saturated rings. The Morgan fingerprint density at radius 3 is 1.44 bits per heavy atom. The van der Waals surface area contributed by atoms with Gasteiger partial charge in [0, 0.05) is 24.0 Å². The summed E-state index contributed by atoms with van der Waals surface area (Å²) in [4.78, 5) is 36.1. The molecule has 0 rings (SSSR count). The summed E-state index contributed by atoms with van der Waals surface area (Å²) in [6.45, 7) is 11.1. The number of carbonyl (C=O) groups is 3. The van der Waals surface area contributed by atoms with Crippen LogP contribution in [0.2, 0.25) is 0 Å². The van der Waals surface area contributed by atoms with Gasteiger partial charge in [0.1, 0.15) is 19.8 Å². The van der Waals surface area contributed by atoms with Gasteiger partial charge in [-0.3, -0.25) is 0 Å². The van der Waals surface area contributed by atoms with Gasteiger partial charge in [-0.25, -0.2) is 14.4 Å². The number of unbranched alkanes of at least 4 members (excludes halogenated alkanes) is 2. The van der Waals surface area contributed by atoms with Crippen LogP contribution in [0.1, 0.15) is 52.4 Å². The number of esters is 3. The Kier molecular flexibility index (Phi) is 14.8. The largest absolute Gasteiger partial charge is 0.461 e. The zero-order chi connectivity index (χ0) is 33.9. The molecule has 0 bridgehead atoms. The molecule has 0 saturated carbocycles. The summed E-state index contributed by atoms with van der Waals surface area (Å²) in [5.74, 6) is -28.1. The molecule has 0 heterocycles. The standard InChI is InChI=1S/C28H36F8O7/c1-7-8-9-10-11-25(29,30)27(33,34)28(35,36)26(31,32)13-12-24(15-41-21(38)18(2)3,16-42-22(39)19(4)5)17-43-23(40)20(6)14-37/h7,37H,1-2,4,6,8-17H2,3,5H3. The fraction of sp³-hybridized carbons (Fsp3) is 0.607. The molecule has 7 nitrogen and oxygen atoms in total. The van der Waals surface area contributed by atoms with Crippen LogP contribution in [0.4, 0.5) is 35.1 Å². The van der Waals surface area contributed by atoms with Crippen LogP contribution < -0.4 is 0 Å². The smallest absolute Gasteiger partial charge is 0.378 e. The van der Waals surface area contributed by atoms with Crippen molar-refractivity contribution in [3.05, 3.63) is 49.1 Å². The highest BCUT2D eigenvalue weighted by Crippen LogP contribution is 2.55. The van der Waals surface area contributed by atoms with E-state index in [1.54, 1.807) is 0 Å². The predicted octanol–water partition coefficient (Wildman–Crippen LogP) is 6.37. The number of aliphatic hydroxyl groups excluding tert-OH is 1. The first-order valence-electron chi connectivity index (χ1n) is 12.8. The normalized spacial score (nSPS) is 12.7. The first-order chi connectivity index (χ1) is 19.5. The molecule has 0 radical (unpaired) electrons. The average Bonchev–Trinajstić information content (AvgIpc) is 2.92. The number of halogens is 8. The van der Waals surface area contributed by atoms with Gasteiger partial charge in [0.15, 0.2) is 0 Å². The van der Waals surface area contributed by atoms with Crippen LogP contribution in [0.5, 0.6) is 0 Å². The second-order valence-corrected chi connectivity index (χ2v) is 10.1. The Labute approximate surface area is 244 Å². The highest BCUT2D eigenvalue weighted by atomic mass is 19.4. The van der Waals surface area contributed by atoms with E-state index in [2.05, 4.69) is 26.3 Å². The van der Waals surface area contributed by atoms with Crippen molar-refractivity contribution >= 4 is 17.9 Å². The van der Waals surface area contributed by atoms with E-state index in [0.29, 0.717) is 0 Å². The molecule has 43 heavy (non-hydrogen) atoms. The maximum atomic E-state index is 14.9. The van der Waals surface area contributed by atoms with Crippen molar-refractivity contribution in [2.24, 2.45) is 5.41 Å². The van der Waals surface area contributed by atoms with Crippen molar-refractivity contribution < 1.29 is 68.8 Å². The summed E-state index contributed by atoms with van der Waals surface area (Å²) in [5.41, 5.74) is -3.34. The van der Waals surface area contributed by atoms with Gasteiger partial charge in [0.05, 0.1) is 17.6 Å². The molecule has 15 heteroatoms. The first kappa shape index (κ1) is 39.8. The Hall–Kier alpha value is -3.23. The van der Waals surface area contributed by atoms with Crippen LogP contribution in [-0.4, -0.2) is 73.1 Å². The van der Waals surface area contributed by atoms with E-state index in [4.69, 9.17) is 19.3 Å². The van der Waals surface area contributed by atoms with Crippen molar-refractivity contribution in [1.29, 1.82) is 0 Å². The summed E-state index contributed by atoms with van der Waals surface area (Å²) < 4.78 is 131. The fourth-order valence-corrected chi connectivity index (χ4v) is 3.24. The number of ether oxygens (including phenoxy) is 3. The minimum Gasteiger partial charge on any atom is -0.461 e. The first-order valence-corrected chi connectivity index (χ1v) is 12.8. The number of hydrogen-bond donors (Lipinski definition) is 1. The topological polar surface area (TPSA) is 99.1 Å². The van der Waals surface area contributed by atoms with Crippen LogP contribution in [-0.2, 0) is 28.6 Å². The van der Waals surface area contributed by atoms with Crippen molar-refractivity contribution in [3.63, 3.8) is 0 Å². The monoisotopic (exact) mass is 636 g/mol. The van der Waals surface area contributed by atoms with Crippen LogP contribution in [0.15, 0.2) is 49.1 Å². The lowest BCUT2D eigenvalue weighted by molar-refractivity contribution is -0.368. The number of carbonyl (C=O) groups excluding carboxylic acids is 3. The molecule has 0 aromatic carbocycles. The van der Waals surface area contributed by atoms with Gasteiger partial charge in [-0.15, -0.1) is 6.58 Å². The Morgan fingerprint density at radius 2 is 1.07 bits per heavy atom. The van der Waals surface area contributed by atoms with Crippen LogP contribution in [0, 0.1) is 5.41 Å². The van der Waals surface area contributed by atoms with E-state index in [1.165, 1.54) is 19.9 Å². The summed E-state index contributed by atoms with van der Waals surface area (Å²) in [6.07, 6.45) is -4.93. The van der Waals surface area contributed by atoms with E-state index in [0.717, 1.165) is 0 Å². The number of allylic oxidation sites excluding steroid dienone is 1. The molecule has 0 unspecified atom stereocenters. The lowest BCUT2D eigenvalue weighted by Gasteiger charge is -2.39. The molecule has 0 saturated heterocycles. The maximum absolute atomic E-state index is 14.9. The minimum atomic E-state index is -6.60. The minimum absolute atomic E-state index is 0.0957. The number of aliphatic hydroxyl groups is 1. The number of alkyl halides is 8. The van der Waals surface area contributed by atoms with E-state index in [-0.39, 0.29) is 24.0 Å². The third-order valence-electron chi connectivity index (χ3n) is 6.14. The SMILES string of the molecule is C=CCCCCC(F)(F)C(F)(F)C(F)(F)C(F)(F)CCC(COC(=O)C(=C)C)(COC(=O)C(=C)C)COC(=O)C(=C)CO. The maximum Gasteiger partial charge on any atom is 0.378 e. The number of rotatable bonds is 21.